The zero-order valence-corrected chi connectivity index (χ0v) is 18.7. The Kier molecular flexibility index (Phi) is 3.99. The van der Waals surface area contributed by atoms with Crippen molar-refractivity contribution in [3.63, 3.8) is 0 Å². The zero-order chi connectivity index (χ0) is 22.3. The number of aromatic nitrogens is 5. The Labute approximate surface area is 192 Å². The van der Waals surface area contributed by atoms with E-state index in [0.29, 0.717) is 19.0 Å². The van der Waals surface area contributed by atoms with Gasteiger partial charge in [-0.3, -0.25) is 4.79 Å². The molecule has 2 aromatic rings. The number of hydrogen-bond acceptors (Lipinski definition) is 5. The Hall–Kier alpha value is -3.00. The minimum atomic E-state index is -0.361. The predicted molar refractivity (Wildman–Crippen MR) is 121 cm³/mol. The number of allylic oxidation sites excluding steroid dienone is 6. The molecule has 1 amide bonds. The van der Waals surface area contributed by atoms with Crippen molar-refractivity contribution in [3.05, 3.63) is 60.2 Å². The van der Waals surface area contributed by atoms with Crippen LogP contribution in [-0.2, 0) is 4.79 Å². The van der Waals surface area contributed by atoms with Crippen molar-refractivity contribution < 1.29 is 9.90 Å². The summed E-state index contributed by atoms with van der Waals surface area (Å²) in [4.78, 5) is 23.3. The lowest BCUT2D eigenvalue weighted by Crippen LogP contribution is -2.60. The number of aliphatic hydroxyl groups excluding tert-OH is 1. The molecule has 2 aromatic heterocycles. The highest BCUT2D eigenvalue weighted by Crippen LogP contribution is 2.62. The van der Waals surface area contributed by atoms with Crippen molar-refractivity contribution in [3.8, 4) is 0 Å². The van der Waals surface area contributed by atoms with Crippen molar-refractivity contribution in [1.29, 1.82) is 0 Å². The minimum Gasteiger partial charge on any atom is -0.392 e. The number of piperidine rings is 1. The number of aliphatic hydroxyl groups is 1. The van der Waals surface area contributed by atoms with Gasteiger partial charge in [-0.05, 0) is 43.8 Å². The third kappa shape index (κ3) is 2.67. The molecule has 8 nitrogen and oxygen atoms in total. The monoisotopic (exact) mass is 444 g/mol. The fraction of sp³-hybridized carbons (Fsp3) is 0.520. The van der Waals surface area contributed by atoms with Crippen LogP contribution < -0.4 is 0 Å². The molecule has 0 bridgehead atoms. The Balaban J connectivity index is 1.08. The molecule has 2 aliphatic heterocycles. The molecular weight excluding hydrogens is 416 g/mol. The summed E-state index contributed by atoms with van der Waals surface area (Å²) >= 11 is 0. The van der Waals surface area contributed by atoms with E-state index in [4.69, 9.17) is 0 Å². The van der Waals surface area contributed by atoms with Crippen LogP contribution in [0.4, 0.5) is 0 Å². The number of hydrogen-bond donors (Lipinski definition) is 1. The Morgan fingerprint density at radius 2 is 2.09 bits per heavy atom. The molecule has 5 unspecified atom stereocenters. The van der Waals surface area contributed by atoms with Crippen molar-refractivity contribution >= 4 is 11.5 Å². The van der Waals surface area contributed by atoms with Crippen LogP contribution in [0.25, 0.3) is 5.57 Å². The molecule has 3 aliphatic carbocycles. The molecule has 4 heterocycles. The minimum absolute atomic E-state index is 0.0753. The van der Waals surface area contributed by atoms with Gasteiger partial charge in [-0.15, -0.1) is 0 Å². The second-order valence-corrected chi connectivity index (χ2v) is 10.4. The molecule has 33 heavy (non-hydrogen) atoms. The van der Waals surface area contributed by atoms with Crippen LogP contribution in [0, 0.1) is 17.3 Å². The lowest BCUT2D eigenvalue weighted by atomic mass is 9.52. The van der Waals surface area contributed by atoms with E-state index in [0.717, 1.165) is 25.7 Å². The highest BCUT2D eigenvalue weighted by molar-refractivity contribution is 5.84. The maximum atomic E-state index is 13.0. The fourth-order valence-electron chi connectivity index (χ4n) is 6.83. The van der Waals surface area contributed by atoms with Gasteiger partial charge in [-0.25, -0.2) is 14.6 Å². The van der Waals surface area contributed by atoms with E-state index in [-0.39, 0.29) is 35.4 Å². The Bertz CT molecular complexity index is 1210. The molecule has 7 rings (SSSR count). The molecule has 1 N–H and O–H groups in total. The lowest BCUT2D eigenvalue weighted by molar-refractivity contribution is -0.166. The van der Waals surface area contributed by atoms with E-state index in [1.165, 1.54) is 28.7 Å². The third-order valence-corrected chi connectivity index (χ3v) is 8.83. The summed E-state index contributed by atoms with van der Waals surface area (Å²) < 4.78 is 3.89. The summed E-state index contributed by atoms with van der Waals surface area (Å²) in [5.41, 5.74) is 5.27. The highest BCUT2D eigenvalue weighted by Gasteiger charge is 2.59. The average Bonchev–Trinajstić information content (AvgIpc) is 3.17. The molecule has 0 radical (unpaired) electrons. The maximum Gasteiger partial charge on any atom is 0.247 e. The standard InChI is InChI=1S/C25H28N6O2/c1-15(31-14-27-12-28-31)24(33)29-7-5-25(6-8-29)10-19(23(25)32)22-21-17(20-11-26-13-30(20)22)4-2-3-16-9-18(16)21/h2,4,9,11-16,19,22-23,32H,3,5-8,10H2,1H3. The van der Waals surface area contributed by atoms with Crippen LogP contribution in [0.15, 0.2) is 54.6 Å². The largest absolute Gasteiger partial charge is 0.392 e. The van der Waals surface area contributed by atoms with Gasteiger partial charge in [0.15, 0.2) is 0 Å². The van der Waals surface area contributed by atoms with E-state index in [1.807, 2.05) is 24.3 Å². The van der Waals surface area contributed by atoms with Gasteiger partial charge in [0, 0.05) is 35.9 Å². The predicted octanol–water partition coefficient (Wildman–Crippen LogP) is 2.55. The average molecular weight is 445 g/mol. The van der Waals surface area contributed by atoms with E-state index >= 15 is 0 Å². The molecule has 1 saturated heterocycles. The first-order valence-electron chi connectivity index (χ1n) is 12.0. The lowest BCUT2D eigenvalue weighted by Gasteiger charge is -2.58. The molecule has 0 aromatic carbocycles. The SMILES string of the molecule is CC(C(=O)N1CCC2(CC1)CC(C1C3=C(C=CCC4C=C34)c3cncn31)C2O)n1cncn1. The molecule has 1 spiro atoms. The second kappa shape index (κ2) is 6.76. The summed E-state index contributed by atoms with van der Waals surface area (Å²) in [6, 6.07) is -0.184. The number of carbonyl (C=O) groups excluding carboxylic acids is 1. The van der Waals surface area contributed by atoms with Gasteiger partial charge in [0.05, 0.1) is 30.4 Å². The van der Waals surface area contributed by atoms with E-state index in [9.17, 15) is 9.90 Å². The van der Waals surface area contributed by atoms with Gasteiger partial charge >= 0.3 is 0 Å². The molecule has 170 valence electrons. The Morgan fingerprint density at radius 1 is 1.24 bits per heavy atom. The van der Waals surface area contributed by atoms with E-state index in [2.05, 4.69) is 37.9 Å². The third-order valence-electron chi connectivity index (χ3n) is 8.83. The molecule has 2 fully saturated rings. The number of fused-ring (bicyclic) bond motifs is 4. The van der Waals surface area contributed by atoms with Gasteiger partial charge in [-0.1, -0.05) is 18.2 Å². The maximum absolute atomic E-state index is 13.0. The van der Waals surface area contributed by atoms with Crippen molar-refractivity contribution in [2.45, 2.75) is 50.8 Å². The first-order chi connectivity index (χ1) is 16.1. The van der Waals surface area contributed by atoms with E-state index < -0.39 is 0 Å². The Morgan fingerprint density at radius 3 is 2.85 bits per heavy atom. The van der Waals surface area contributed by atoms with Crippen molar-refractivity contribution in [2.24, 2.45) is 17.3 Å². The summed E-state index contributed by atoms with van der Waals surface area (Å²) in [5, 5.41) is 15.6. The van der Waals surface area contributed by atoms with Crippen LogP contribution in [0.5, 0.6) is 0 Å². The van der Waals surface area contributed by atoms with Crippen LogP contribution >= 0.6 is 0 Å². The van der Waals surface area contributed by atoms with Crippen molar-refractivity contribution in [1.82, 2.24) is 29.2 Å². The van der Waals surface area contributed by atoms with Crippen LogP contribution in [0.2, 0.25) is 0 Å². The van der Waals surface area contributed by atoms with Gasteiger partial charge < -0.3 is 14.6 Å². The van der Waals surface area contributed by atoms with Crippen molar-refractivity contribution in [2.75, 3.05) is 13.1 Å². The molecule has 5 atom stereocenters. The summed E-state index contributed by atoms with van der Waals surface area (Å²) in [7, 11) is 0. The van der Waals surface area contributed by atoms with Gasteiger partial charge in [0.2, 0.25) is 5.91 Å². The number of amides is 1. The van der Waals surface area contributed by atoms with Gasteiger partial charge in [0.25, 0.3) is 0 Å². The number of rotatable bonds is 3. The molecule has 8 heteroatoms. The summed E-state index contributed by atoms with van der Waals surface area (Å²) in [6.45, 7) is 3.24. The zero-order valence-electron chi connectivity index (χ0n) is 18.7. The van der Waals surface area contributed by atoms with Crippen LogP contribution in [0.3, 0.4) is 0 Å². The molecule has 5 aliphatic rings. The highest BCUT2D eigenvalue weighted by atomic mass is 16.3. The first-order valence-corrected chi connectivity index (χ1v) is 12.0. The summed E-state index contributed by atoms with van der Waals surface area (Å²) in [6.07, 6.45) is 17.3. The smallest absolute Gasteiger partial charge is 0.247 e. The second-order valence-electron chi connectivity index (χ2n) is 10.4. The van der Waals surface area contributed by atoms with E-state index in [1.54, 1.807) is 11.0 Å². The topological polar surface area (TPSA) is 89.1 Å². The number of carbonyl (C=O) groups is 1. The normalized spacial score (nSPS) is 31.9. The number of imidazole rings is 1. The molecule has 1 saturated carbocycles. The fourth-order valence-corrected chi connectivity index (χ4v) is 6.83. The quantitative estimate of drug-likeness (QED) is 0.786. The van der Waals surface area contributed by atoms with Gasteiger partial charge in [-0.2, -0.15) is 5.10 Å². The van der Waals surface area contributed by atoms with Gasteiger partial charge in [0.1, 0.15) is 18.7 Å². The number of likely N-dealkylation sites (tertiary alicyclic amines) is 1. The number of nitrogens with zero attached hydrogens (tertiary/aromatic N) is 6. The first kappa shape index (κ1) is 19.5. The molecular formula is C25H28N6O2. The summed E-state index contributed by atoms with van der Waals surface area (Å²) in [5.74, 6) is 0.836. The van der Waals surface area contributed by atoms with Crippen LogP contribution in [0.1, 0.15) is 50.4 Å². The van der Waals surface area contributed by atoms with Crippen LogP contribution in [-0.4, -0.2) is 59.4 Å².